The molecule has 5 N–H and O–H groups in total. The minimum absolute atomic E-state index is 0.175. The largest absolute Gasteiger partial charge is 0.396 e. The number of hydrogen-bond acceptors (Lipinski definition) is 10. The standard InChI is InChI=1S/C22H26ClN5O4S/c23-19-16(21-26-13-3-1-2-4-15(13)33-21)20(25-14-9-11(10-29)17(30)18(14)31)28-22(27-19)24-12-5-7-32-8-6-12/h1-4,11-12,14,17-18,29-31H,5-10H2,(H2,24,25,27,28)/t11-,14-,17-,18+/m1/s1. The number of para-hydroxylation sites is 1. The molecule has 11 heteroatoms. The van der Waals surface area contributed by atoms with Gasteiger partial charge in [-0.3, -0.25) is 0 Å². The molecule has 2 aliphatic rings. The normalized spacial score (nSPS) is 26.1. The first-order valence-electron chi connectivity index (χ1n) is 11.0. The van der Waals surface area contributed by atoms with Gasteiger partial charge in [0.1, 0.15) is 22.1 Å². The molecule has 1 saturated heterocycles. The van der Waals surface area contributed by atoms with Crippen LogP contribution in [0, 0.1) is 5.92 Å². The number of thiazole rings is 1. The van der Waals surface area contributed by atoms with Gasteiger partial charge in [0.25, 0.3) is 0 Å². The van der Waals surface area contributed by atoms with E-state index in [4.69, 9.17) is 26.3 Å². The van der Waals surface area contributed by atoms with Crippen LogP contribution in [0.25, 0.3) is 20.8 Å². The van der Waals surface area contributed by atoms with Crippen molar-refractivity contribution < 1.29 is 20.1 Å². The highest BCUT2D eigenvalue weighted by Gasteiger charge is 2.41. The Morgan fingerprint density at radius 3 is 2.58 bits per heavy atom. The van der Waals surface area contributed by atoms with Gasteiger partial charge in [-0.05, 0) is 31.4 Å². The van der Waals surface area contributed by atoms with E-state index in [1.807, 2.05) is 24.3 Å². The lowest BCUT2D eigenvalue weighted by Gasteiger charge is -2.24. The SMILES string of the molecule is OC[C@H]1C[C@@H](Nc2nc(NC3CCOCC3)nc(Cl)c2-c2nc3ccccc3s2)[C@H](O)[C@@H]1O. The summed E-state index contributed by atoms with van der Waals surface area (Å²) in [7, 11) is 0. The van der Waals surface area contributed by atoms with Crippen molar-refractivity contribution in [3.8, 4) is 10.6 Å². The summed E-state index contributed by atoms with van der Waals surface area (Å²) < 4.78 is 6.43. The molecule has 2 aromatic heterocycles. The van der Waals surface area contributed by atoms with Gasteiger partial charge in [0.05, 0.1) is 27.9 Å². The molecule has 1 aromatic carbocycles. The van der Waals surface area contributed by atoms with E-state index in [-0.39, 0.29) is 17.8 Å². The van der Waals surface area contributed by atoms with Crippen LogP contribution in [0.15, 0.2) is 24.3 Å². The van der Waals surface area contributed by atoms with Crippen molar-refractivity contribution in [1.29, 1.82) is 0 Å². The van der Waals surface area contributed by atoms with E-state index in [1.54, 1.807) is 0 Å². The van der Waals surface area contributed by atoms with Crippen molar-refractivity contribution in [3.63, 3.8) is 0 Å². The molecule has 0 bridgehead atoms. The van der Waals surface area contributed by atoms with Crippen LogP contribution in [0.5, 0.6) is 0 Å². The molecule has 1 aliphatic heterocycles. The minimum atomic E-state index is -1.05. The van der Waals surface area contributed by atoms with Crippen molar-refractivity contribution >= 4 is 44.9 Å². The number of ether oxygens (including phenoxy) is 1. The summed E-state index contributed by atoms with van der Waals surface area (Å²) in [4.78, 5) is 13.9. The van der Waals surface area contributed by atoms with Crippen molar-refractivity contribution in [2.45, 2.75) is 43.6 Å². The first-order valence-corrected chi connectivity index (χ1v) is 12.2. The molecule has 1 aliphatic carbocycles. The third-order valence-electron chi connectivity index (χ3n) is 6.29. The van der Waals surface area contributed by atoms with Crippen LogP contribution in [-0.4, -0.2) is 74.4 Å². The maximum atomic E-state index is 10.6. The molecule has 4 atom stereocenters. The number of anilines is 2. The number of benzene rings is 1. The highest BCUT2D eigenvalue weighted by Crippen LogP contribution is 2.40. The molecule has 3 heterocycles. The third-order valence-corrected chi connectivity index (χ3v) is 7.61. The van der Waals surface area contributed by atoms with Gasteiger partial charge in [-0.1, -0.05) is 23.7 Å². The molecule has 0 radical (unpaired) electrons. The van der Waals surface area contributed by atoms with Crippen LogP contribution in [0.1, 0.15) is 19.3 Å². The molecule has 176 valence electrons. The van der Waals surface area contributed by atoms with Gasteiger partial charge >= 0.3 is 0 Å². The van der Waals surface area contributed by atoms with Gasteiger partial charge in [-0.15, -0.1) is 11.3 Å². The van der Waals surface area contributed by atoms with E-state index >= 15 is 0 Å². The number of rotatable bonds is 6. The van der Waals surface area contributed by atoms with Gasteiger partial charge < -0.3 is 30.7 Å². The molecule has 5 rings (SSSR count). The van der Waals surface area contributed by atoms with Gasteiger partial charge in [-0.25, -0.2) is 9.97 Å². The van der Waals surface area contributed by atoms with Gasteiger partial charge in [0.2, 0.25) is 5.95 Å². The predicted octanol–water partition coefficient (Wildman–Crippen LogP) is 2.51. The first-order chi connectivity index (χ1) is 16.0. The number of nitrogens with zero attached hydrogens (tertiary/aromatic N) is 3. The van der Waals surface area contributed by atoms with Crippen molar-refractivity contribution in [1.82, 2.24) is 15.0 Å². The smallest absolute Gasteiger partial charge is 0.226 e. The molecular weight excluding hydrogens is 466 g/mol. The quantitative estimate of drug-likeness (QED) is 0.330. The summed E-state index contributed by atoms with van der Waals surface area (Å²) in [6.45, 7) is 1.15. The molecule has 0 spiro atoms. The lowest BCUT2D eigenvalue weighted by molar-refractivity contribution is 0.00446. The Morgan fingerprint density at radius 1 is 1.06 bits per heavy atom. The lowest BCUT2D eigenvalue weighted by Crippen LogP contribution is -2.36. The number of fused-ring (bicyclic) bond motifs is 1. The van der Waals surface area contributed by atoms with E-state index in [0.717, 1.165) is 23.1 Å². The Morgan fingerprint density at radius 2 is 1.85 bits per heavy atom. The summed E-state index contributed by atoms with van der Waals surface area (Å²) in [5.41, 5.74) is 1.39. The highest BCUT2D eigenvalue weighted by atomic mass is 35.5. The number of hydrogen-bond donors (Lipinski definition) is 5. The number of halogens is 1. The number of aromatic nitrogens is 3. The van der Waals surface area contributed by atoms with Crippen LogP contribution < -0.4 is 10.6 Å². The van der Waals surface area contributed by atoms with Crippen molar-refractivity contribution in [2.75, 3.05) is 30.5 Å². The first kappa shape index (κ1) is 22.7. The zero-order chi connectivity index (χ0) is 22.9. The van der Waals surface area contributed by atoms with Crippen LogP contribution in [0.2, 0.25) is 5.15 Å². The van der Waals surface area contributed by atoms with E-state index in [1.165, 1.54) is 11.3 Å². The summed E-state index contributed by atoms with van der Waals surface area (Å²) in [5.74, 6) is 0.394. The molecule has 9 nitrogen and oxygen atoms in total. The monoisotopic (exact) mass is 491 g/mol. The van der Waals surface area contributed by atoms with Gasteiger partial charge in [0.15, 0.2) is 0 Å². The summed E-state index contributed by atoms with van der Waals surface area (Å²) >= 11 is 8.16. The highest BCUT2D eigenvalue weighted by molar-refractivity contribution is 7.21. The lowest BCUT2D eigenvalue weighted by atomic mass is 10.1. The van der Waals surface area contributed by atoms with Crippen molar-refractivity contribution in [3.05, 3.63) is 29.4 Å². The molecule has 3 aromatic rings. The van der Waals surface area contributed by atoms with E-state index in [2.05, 4.69) is 15.6 Å². The van der Waals surface area contributed by atoms with E-state index in [0.29, 0.717) is 42.0 Å². The van der Waals surface area contributed by atoms with Crippen LogP contribution in [0.3, 0.4) is 0 Å². The van der Waals surface area contributed by atoms with Crippen LogP contribution in [0.4, 0.5) is 11.8 Å². The average Bonchev–Trinajstić information content (AvgIpc) is 3.35. The fourth-order valence-electron chi connectivity index (χ4n) is 4.42. The molecule has 0 unspecified atom stereocenters. The molecule has 33 heavy (non-hydrogen) atoms. The zero-order valence-corrected chi connectivity index (χ0v) is 19.4. The molecule has 1 saturated carbocycles. The molecule has 0 amide bonds. The Labute approximate surface area is 199 Å². The Kier molecular flexibility index (Phi) is 6.64. The van der Waals surface area contributed by atoms with Gasteiger partial charge in [0, 0.05) is 31.8 Å². The summed E-state index contributed by atoms with van der Waals surface area (Å²) in [6.07, 6.45) is 0.00800. The van der Waals surface area contributed by atoms with Crippen LogP contribution >= 0.6 is 22.9 Å². The van der Waals surface area contributed by atoms with Crippen molar-refractivity contribution in [2.24, 2.45) is 5.92 Å². The predicted molar refractivity (Wildman–Crippen MR) is 128 cm³/mol. The molecular formula is C22H26ClN5O4S. The second-order valence-electron chi connectivity index (χ2n) is 8.49. The average molecular weight is 492 g/mol. The second kappa shape index (κ2) is 9.65. The maximum absolute atomic E-state index is 10.6. The topological polar surface area (TPSA) is 133 Å². The fourth-order valence-corrected chi connectivity index (χ4v) is 5.75. The fraction of sp³-hybridized carbons (Fsp3) is 0.500. The maximum Gasteiger partial charge on any atom is 0.226 e. The van der Waals surface area contributed by atoms with Gasteiger partial charge in [-0.2, -0.15) is 4.98 Å². The summed E-state index contributed by atoms with van der Waals surface area (Å²) in [5, 5.41) is 37.9. The third kappa shape index (κ3) is 4.64. The Balaban J connectivity index is 1.52. The zero-order valence-electron chi connectivity index (χ0n) is 17.8. The minimum Gasteiger partial charge on any atom is -0.396 e. The van der Waals surface area contributed by atoms with E-state index < -0.39 is 24.2 Å². The van der Waals surface area contributed by atoms with E-state index in [9.17, 15) is 15.3 Å². The number of aliphatic hydroxyl groups excluding tert-OH is 3. The Bertz CT molecular complexity index is 1090. The second-order valence-corrected chi connectivity index (χ2v) is 9.88. The van der Waals surface area contributed by atoms with Crippen LogP contribution in [-0.2, 0) is 4.74 Å². The summed E-state index contributed by atoms with van der Waals surface area (Å²) in [6, 6.07) is 7.47. The number of nitrogens with one attached hydrogen (secondary N) is 2. The molecule has 2 fully saturated rings. The Hall–Kier alpha value is -2.08. The number of aliphatic hydroxyl groups is 3.